The molecule has 20 heavy (non-hydrogen) atoms. The number of hydrogen-bond donors (Lipinski definition) is 1. The molecule has 0 saturated carbocycles. The molecule has 0 bridgehead atoms. The zero-order valence-electron chi connectivity index (χ0n) is 12.9. The van der Waals surface area contributed by atoms with Crippen molar-refractivity contribution in [3.05, 3.63) is 42.1 Å². The molecule has 108 valence electrons. The molecule has 0 spiro atoms. The molecule has 0 aliphatic carbocycles. The van der Waals surface area contributed by atoms with Gasteiger partial charge in [0.25, 0.3) is 0 Å². The van der Waals surface area contributed by atoms with Gasteiger partial charge >= 0.3 is 0 Å². The predicted molar refractivity (Wildman–Crippen MR) is 85.8 cm³/mol. The molecule has 0 fully saturated rings. The van der Waals surface area contributed by atoms with E-state index < -0.39 is 0 Å². The molecule has 1 N–H and O–H groups in total. The number of aromatic nitrogens is 1. The molecule has 3 heteroatoms. The van der Waals surface area contributed by atoms with E-state index >= 15 is 0 Å². The lowest BCUT2D eigenvalue weighted by Crippen LogP contribution is -2.41. The lowest BCUT2D eigenvalue weighted by molar-refractivity contribution is 0.288. The first kappa shape index (κ1) is 14.9. The quantitative estimate of drug-likeness (QED) is 0.875. The predicted octanol–water partition coefficient (Wildman–Crippen LogP) is 2.91. The first-order valence-electron chi connectivity index (χ1n) is 7.28. The summed E-state index contributed by atoms with van der Waals surface area (Å²) in [7, 11) is 4.25. The number of likely N-dealkylation sites (N-methyl/N-ethyl adjacent to an activating group) is 1. The van der Waals surface area contributed by atoms with Crippen LogP contribution in [0.2, 0.25) is 0 Å². The van der Waals surface area contributed by atoms with Gasteiger partial charge in [-0.15, -0.1) is 0 Å². The Labute approximate surface area is 122 Å². The van der Waals surface area contributed by atoms with Gasteiger partial charge in [0.05, 0.1) is 5.52 Å². The summed E-state index contributed by atoms with van der Waals surface area (Å²) in [5, 5.41) is 4.93. The third-order valence-electron chi connectivity index (χ3n) is 3.66. The Bertz CT molecular complexity index is 543. The zero-order valence-corrected chi connectivity index (χ0v) is 12.9. The van der Waals surface area contributed by atoms with Crippen LogP contribution in [0, 0.1) is 5.92 Å². The van der Waals surface area contributed by atoms with Crippen molar-refractivity contribution in [3.63, 3.8) is 0 Å². The second kappa shape index (κ2) is 6.82. The minimum atomic E-state index is 0.497. The van der Waals surface area contributed by atoms with Crippen LogP contribution in [-0.4, -0.2) is 36.6 Å². The molecule has 1 heterocycles. The van der Waals surface area contributed by atoms with E-state index in [0.29, 0.717) is 12.0 Å². The highest BCUT2D eigenvalue weighted by Gasteiger charge is 2.14. The van der Waals surface area contributed by atoms with Gasteiger partial charge in [-0.25, -0.2) is 0 Å². The van der Waals surface area contributed by atoms with E-state index in [9.17, 15) is 0 Å². The monoisotopic (exact) mass is 271 g/mol. The number of nitrogens with one attached hydrogen (secondary N) is 1. The number of nitrogens with zero attached hydrogens (tertiary/aromatic N) is 2. The Morgan fingerprint density at radius 3 is 2.60 bits per heavy atom. The van der Waals surface area contributed by atoms with Gasteiger partial charge in [0.1, 0.15) is 0 Å². The smallest absolute Gasteiger partial charge is 0.0705 e. The molecule has 0 saturated heterocycles. The molecule has 0 aliphatic heterocycles. The lowest BCUT2D eigenvalue weighted by atomic mass is 10.0. The van der Waals surface area contributed by atoms with Crippen molar-refractivity contribution in [2.75, 3.05) is 20.6 Å². The highest BCUT2D eigenvalue weighted by Crippen LogP contribution is 2.16. The number of fused-ring (bicyclic) bond motifs is 1. The Balaban J connectivity index is 2.11. The van der Waals surface area contributed by atoms with E-state index in [1.165, 1.54) is 10.9 Å². The van der Waals surface area contributed by atoms with Gasteiger partial charge in [0, 0.05) is 30.7 Å². The fourth-order valence-corrected chi connectivity index (χ4v) is 2.45. The van der Waals surface area contributed by atoms with Crippen molar-refractivity contribution in [1.29, 1.82) is 0 Å². The summed E-state index contributed by atoms with van der Waals surface area (Å²) in [4.78, 5) is 6.65. The number of pyridine rings is 1. The van der Waals surface area contributed by atoms with Gasteiger partial charge in [0.2, 0.25) is 0 Å². The topological polar surface area (TPSA) is 28.2 Å². The van der Waals surface area contributed by atoms with Crippen molar-refractivity contribution in [2.45, 2.75) is 26.4 Å². The maximum atomic E-state index is 4.42. The van der Waals surface area contributed by atoms with E-state index in [1.54, 1.807) is 0 Å². The zero-order chi connectivity index (χ0) is 14.5. The Hall–Kier alpha value is -1.45. The molecular formula is C17H25N3. The van der Waals surface area contributed by atoms with E-state index in [0.717, 1.165) is 18.6 Å². The summed E-state index contributed by atoms with van der Waals surface area (Å²) in [6.07, 6.45) is 1.90. The number of rotatable bonds is 6. The Morgan fingerprint density at radius 1 is 1.15 bits per heavy atom. The second-order valence-electron chi connectivity index (χ2n) is 5.98. The van der Waals surface area contributed by atoms with Gasteiger partial charge in [0.15, 0.2) is 0 Å². The summed E-state index contributed by atoms with van der Waals surface area (Å²) in [5.74, 6) is 0.616. The number of hydrogen-bond acceptors (Lipinski definition) is 3. The summed E-state index contributed by atoms with van der Waals surface area (Å²) < 4.78 is 0. The second-order valence-corrected chi connectivity index (χ2v) is 5.98. The summed E-state index contributed by atoms with van der Waals surface area (Å²) in [6.45, 7) is 6.48. The fraction of sp³-hybridized carbons (Fsp3) is 0.471. The van der Waals surface area contributed by atoms with Crippen molar-refractivity contribution in [3.8, 4) is 0 Å². The van der Waals surface area contributed by atoms with Crippen LogP contribution in [0.5, 0.6) is 0 Å². The van der Waals surface area contributed by atoms with E-state index in [4.69, 9.17) is 0 Å². The Kier molecular flexibility index (Phi) is 5.10. The SMILES string of the molecule is CC(C)C(CN(C)C)NCc1ccnc2ccccc12. The van der Waals surface area contributed by atoms with Crippen LogP contribution in [-0.2, 0) is 6.54 Å². The van der Waals surface area contributed by atoms with Gasteiger partial charge in [-0.3, -0.25) is 4.98 Å². The number of benzene rings is 1. The average Bonchev–Trinajstić information content (AvgIpc) is 2.42. The van der Waals surface area contributed by atoms with Crippen LogP contribution >= 0.6 is 0 Å². The molecule has 2 rings (SSSR count). The Morgan fingerprint density at radius 2 is 1.90 bits per heavy atom. The first-order chi connectivity index (χ1) is 9.58. The summed E-state index contributed by atoms with van der Waals surface area (Å²) >= 11 is 0. The minimum absolute atomic E-state index is 0.497. The summed E-state index contributed by atoms with van der Waals surface area (Å²) in [5.41, 5.74) is 2.39. The molecule has 1 aromatic heterocycles. The van der Waals surface area contributed by atoms with Crippen molar-refractivity contribution >= 4 is 10.9 Å². The van der Waals surface area contributed by atoms with Crippen LogP contribution in [0.3, 0.4) is 0 Å². The maximum Gasteiger partial charge on any atom is 0.0705 e. The highest BCUT2D eigenvalue weighted by molar-refractivity contribution is 5.81. The van der Waals surface area contributed by atoms with E-state index in [-0.39, 0.29) is 0 Å². The van der Waals surface area contributed by atoms with Crippen LogP contribution < -0.4 is 5.32 Å². The average molecular weight is 271 g/mol. The maximum absolute atomic E-state index is 4.42. The van der Waals surface area contributed by atoms with Crippen molar-refractivity contribution < 1.29 is 0 Å². The van der Waals surface area contributed by atoms with Crippen LogP contribution in [0.4, 0.5) is 0 Å². The molecule has 0 radical (unpaired) electrons. The molecule has 1 unspecified atom stereocenters. The molecule has 1 aromatic carbocycles. The third-order valence-corrected chi connectivity index (χ3v) is 3.66. The molecule has 0 aliphatic rings. The van der Waals surface area contributed by atoms with Crippen LogP contribution in [0.25, 0.3) is 10.9 Å². The fourth-order valence-electron chi connectivity index (χ4n) is 2.45. The highest BCUT2D eigenvalue weighted by atomic mass is 15.1. The molecule has 1 atom stereocenters. The third kappa shape index (κ3) is 3.78. The molecule has 3 nitrogen and oxygen atoms in total. The van der Waals surface area contributed by atoms with Crippen LogP contribution in [0.1, 0.15) is 19.4 Å². The molecule has 0 amide bonds. The van der Waals surface area contributed by atoms with Crippen LogP contribution in [0.15, 0.2) is 36.5 Å². The van der Waals surface area contributed by atoms with Crippen molar-refractivity contribution in [1.82, 2.24) is 15.2 Å². The van der Waals surface area contributed by atoms with Gasteiger partial charge in [-0.05, 0) is 37.7 Å². The lowest BCUT2D eigenvalue weighted by Gasteiger charge is -2.26. The largest absolute Gasteiger partial charge is 0.308 e. The molecule has 2 aromatic rings. The first-order valence-corrected chi connectivity index (χ1v) is 7.28. The van der Waals surface area contributed by atoms with Gasteiger partial charge in [-0.2, -0.15) is 0 Å². The standard InChI is InChI=1S/C17H25N3/c1-13(2)17(12-20(3)4)19-11-14-9-10-18-16-8-6-5-7-15(14)16/h5-10,13,17,19H,11-12H2,1-4H3. The molecular weight excluding hydrogens is 246 g/mol. The van der Waals surface area contributed by atoms with Gasteiger partial charge < -0.3 is 10.2 Å². The van der Waals surface area contributed by atoms with Gasteiger partial charge in [-0.1, -0.05) is 32.0 Å². The van der Waals surface area contributed by atoms with E-state index in [2.05, 4.69) is 67.4 Å². The number of para-hydroxylation sites is 1. The minimum Gasteiger partial charge on any atom is -0.308 e. The van der Waals surface area contributed by atoms with E-state index in [1.807, 2.05) is 12.3 Å². The van der Waals surface area contributed by atoms with Crippen molar-refractivity contribution in [2.24, 2.45) is 5.92 Å². The normalized spacial score (nSPS) is 13.3. The summed E-state index contributed by atoms with van der Waals surface area (Å²) in [6, 6.07) is 10.9.